The zero-order valence-corrected chi connectivity index (χ0v) is 5.75. The molecule has 9 heavy (non-hydrogen) atoms. The van der Waals surface area contributed by atoms with Crippen molar-refractivity contribution < 1.29 is 5.11 Å². The second-order valence-electron chi connectivity index (χ2n) is 2.44. The SMILES string of the molecule is CC=CCN1CC(O)C1. The van der Waals surface area contributed by atoms with Crippen LogP contribution in [0, 0.1) is 0 Å². The molecule has 2 heteroatoms. The Morgan fingerprint density at radius 3 is 2.78 bits per heavy atom. The maximum absolute atomic E-state index is 8.85. The summed E-state index contributed by atoms with van der Waals surface area (Å²) >= 11 is 0. The molecule has 0 spiro atoms. The fourth-order valence-corrected chi connectivity index (χ4v) is 0.946. The molecule has 0 aliphatic carbocycles. The number of aliphatic hydroxyl groups excluding tert-OH is 1. The van der Waals surface area contributed by atoms with Crippen molar-refractivity contribution in [2.75, 3.05) is 19.6 Å². The fraction of sp³-hybridized carbons (Fsp3) is 0.714. The van der Waals surface area contributed by atoms with Crippen LogP contribution in [0.15, 0.2) is 12.2 Å². The third kappa shape index (κ3) is 1.80. The highest BCUT2D eigenvalue weighted by Crippen LogP contribution is 2.05. The molecule has 1 saturated heterocycles. The van der Waals surface area contributed by atoms with Crippen LogP contribution >= 0.6 is 0 Å². The van der Waals surface area contributed by atoms with Gasteiger partial charge in [-0.2, -0.15) is 0 Å². The number of rotatable bonds is 2. The molecule has 52 valence electrons. The lowest BCUT2D eigenvalue weighted by molar-refractivity contribution is 0.00980. The second kappa shape index (κ2) is 2.99. The van der Waals surface area contributed by atoms with Crippen LogP contribution in [0.25, 0.3) is 0 Å². The van der Waals surface area contributed by atoms with Crippen molar-refractivity contribution in [3.05, 3.63) is 12.2 Å². The van der Waals surface area contributed by atoms with E-state index in [9.17, 15) is 0 Å². The minimum absolute atomic E-state index is 0.0599. The molecule has 0 aromatic rings. The molecule has 0 saturated carbocycles. The minimum Gasteiger partial charge on any atom is -0.390 e. The molecule has 1 heterocycles. The van der Waals surface area contributed by atoms with Gasteiger partial charge in [0.25, 0.3) is 0 Å². The Bertz CT molecular complexity index is 105. The second-order valence-corrected chi connectivity index (χ2v) is 2.44. The average Bonchev–Trinajstić information content (AvgIpc) is 1.78. The lowest BCUT2D eigenvalue weighted by atomic mass is 10.2. The zero-order chi connectivity index (χ0) is 6.69. The van der Waals surface area contributed by atoms with Crippen molar-refractivity contribution >= 4 is 0 Å². The van der Waals surface area contributed by atoms with Crippen molar-refractivity contribution in [2.24, 2.45) is 0 Å². The number of allylic oxidation sites excluding steroid dienone is 1. The summed E-state index contributed by atoms with van der Waals surface area (Å²) in [6.07, 6.45) is 4.08. The van der Waals surface area contributed by atoms with Crippen LogP contribution in [-0.2, 0) is 0 Å². The smallest absolute Gasteiger partial charge is 0.0794 e. The van der Waals surface area contributed by atoms with Crippen LogP contribution in [0.5, 0.6) is 0 Å². The van der Waals surface area contributed by atoms with E-state index >= 15 is 0 Å². The van der Waals surface area contributed by atoms with E-state index in [4.69, 9.17) is 5.11 Å². The summed E-state index contributed by atoms with van der Waals surface area (Å²) in [5.41, 5.74) is 0. The Balaban J connectivity index is 2.04. The van der Waals surface area contributed by atoms with Crippen LogP contribution in [0.4, 0.5) is 0 Å². The molecule has 0 bridgehead atoms. The van der Waals surface area contributed by atoms with Gasteiger partial charge in [-0.25, -0.2) is 0 Å². The lowest BCUT2D eigenvalue weighted by Crippen LogP contribution is -2.50. The molecule has 0 amide bonds. The molecule has 1 fully saturated rings. The first kappa shape index (κ1) is 6.78. The zero-order valence-electron chi connectivity index (χ0n) is 5.75. The Morgan fingerprint density at radius 1 is 1.67 bits per heavy atom. The van der Waals surface area contributed by atoms with Crippen LogP contribution < -0.4 is 0 Å². The number of likely N-dealkylation sites (tertiary alicyclic amines) is 1. The summed E-state index contributed by atoms with van der Waals surface area (Å²) in [7, 11) is 0. The molecule has 2 nitrogen and oxygen atoms in total. The largest absolute Gasteiger partial charge is 0.390 e. The van der Waals surface area contributed by atoms with Crippen molar-refractivity contribution in [1.29, 1.82) is 0 Å². The van der Waals surface area contributed by atoms with Gasteiger partial charge in [-0.15, -0.1) is 0 Å². The van der Waals surface area contributed by atoms with Crippen molar-refractivity contribution in [3.63, 3.8) is 0 Å². The summed E-state index contributed by atoms with van der Waals surface area (Å²) in [6, 6.07) is 0. The topological polar surface area (TPSA) is 23.5 Å². The molecule has 0 aromatic carbocycles. The number of aliphatic hydroxyl groups is 1. The lowest BCUT2D eigenvalue weighted by Gasteiger charge is -2.34. The Morgan fingerprint density at radius 2 is 2.33 bits per heavy atom. The maximum atomic E-state index is 8.85. The van der Waals surface area contributed by atoms with Gasteiger partial charge >= 0.3 is 0 Å². The average molecular weight is 127 g/mol. The van der Waals surface area contributed by atoms with Gasteiger partial charge < -0.3 is 5.11 Å². The standard InChI is InChI=1S/C7H13NO/c1-2-3-4-8-5-7(9)6-8/h2-3,7,9H,4-6H2,1H3. The number of β-amino-alcohol motifs (C(OH)–C–C–N with tert-alkyl or cyclic N) is 1. The van der Waals surface area contributed by atoms with E-state index in [1.54, 1.807) is 0 Å². The van der Waals surface area contributed by atoms with Crippen LogP contribution in [0.3, 0.4) is 0 Å². The highest BCUT2D eigenvalue weighted by Gasteiger charge is 2.22. The van der Waals surface area contributed by atoms with Gasteiger partial charge in [-0.1, -0.05) is 12.2 Å². The molecule has 0 radical (unpaired) electrons. The van der Waals surface area contributed by atoms with Crippen LogP contribution in [0.1, 0.15) is 6.92 Å². The first-order valence-electron chi connectivity index (χ1n) is 3.34. The minimum atomic E-state index is -0.0599. The first-order valence-corrected chi connectivity index (χ1v) is 3.34. The van der Waals surface area contributed by atoms with Gasteiger partial charge in [0, 0.05) is 19.6 Å². The number of nitrogens with zero attached hydrogens (tertiary/aromatic N) is 1. The van der Waals surface area contributed by atoms with Gasteiger partial charge in [0.05, 0.1) is 6.10 Å². The summed E-state index contributed by atoms with van der Waals surface area (Å²) < 4.78 is 0. The quantitative estimate of drug-likeness (QED) is 0.537. The number of hydrogen-bond donors (Lipinski definition) is 1. The predicted octanol–water partition coefficient (Wildman–Crippen LogP) is 0.239. The maximum Gasteiger partial charge on any atom is 0.0794 e. The summed E-state index contributed by atoms with van der Waals surface area (Å²) in [6.45, 7) is 4.71. The predicted molar refractivity (Wildman–Crippen MR) is 37.3 cm³/mol. The molecule has 0 atom stereocenters. The first-order chi connectivity index (χ1) is 4.33. The van der Waals surface area contributed by atoms with Crippen LogP contribution in [-0.4, -0.2) is 35.7 Å². The van der Waals surface area contributed by atoms with Crippen molar-refractivity contribution in [2.45, 2.75) is 13.0 Å². The Labute approximate surface area is 55.8 Å². The summed E-state index contributed by atoms with van der Waals surface area (Å²) in [5.74, 6) is 0. The van der Waals surface area contributed by atoms with E-state index in [2.05, 4.69) is 11.0 Å². The third-order valence-electron chi connectivity index (χ3n) is 1.54. The summed E-state index contributed by atoms with van der Waals surface area (Å²) in [5, 5.41) is 8.85. The van der Waals surface area contributed by atoms with E-state index < -0.39 is 0 Å². The van der Waals surface area contributed by atoms with Gasteiger partial charge in [0.1, 0.15) is 0 Å². The van der Waals surface area contributed by atoms with Gasteiger partial charge in [0.2, 0.25) is 0 Å². The molecule has 1 aliphatic rings. The van der Waals surface area contributed by atoms with E-state index in [1.807, 2.05) is 13.0 Å². The Kier molecular flexibility index (Phi) is 2.25. The highest BCUT2D eigenvalue weighted by molar-refractivity contribution is 4.87. The molecule has 1 aliphatic heterocycles. The van der Waals surface area contributed by atoms with E-state index in [0.717, 1.165) is 19.6 Å². The van der Waals surface area contributed by atoms with Crippen LogP contribution in [0.2, 0.25) is 0 Å². The summed E-state index contributed by atoms with van der Waals surface area (Å²) in [4.78, 5) is 2.20. The molecular weight excluding hydrogens is 114 g/mol. The van der Waals surface area contributed by atoms with Gasteiger partial charge in [-0.05, 0) is 6.92 Å². The Hall–Kier alpha value is -0.340. The molecule has 1 N–H and O–H groups in total. The highest BCUT2D eigenvalue weighted by atomic mass is 16.3. The third-order valence-corrected chi connectivity index (χ3v) is 1.54. The number of hydrogen-bond acceptors (Lipinski definition) is 2. The monoisotopic (exact) mass is 127 g/mol. The normalized spacial score (nSPS) is 22.9. The molecular formula is C7H13NO. The van der Waals surface area contributed by atoms with E-state index in [-0.39, 0.29) is 6.10 Å². The van der Waals surface area contributed by atoms with Crippen molar-refractivity contribution in [3.8, 4) is 0 Å². The van der Waals surface area contributed by atoms with E-state index in [0.29, 0.717) is 0 Å². The molecule has 0 aromatic heterocycles. The van der Waals surface area contributed by atoms with Crippen molar-refractivity contribution in [1.82, 2.24) is 4.90 Å². The molecule has 1 rings (SSSR count). The fourth-order valence-electron chi connectivity index (χ4n) is 0.946. The van der Waals surface area contributed by atoms with Gasteiger partial charge in [-0.3, -0.25) is 4.90 Å². The molecule has 0 unspecified atom stereocenters. The van der Waals surface area contributed by atoms with E-state index in [1.165, 1.54) is 0 Å². The van der Waals surface area contributed by atoms with Gasteiger partial charge in [0.15, 0.2) is 0 Å².